The maximum atomic E-state index is 10.2. The number of hydrogen-bond acceptors (Lipinski definition) is 1. The van der Waals surface area contributed by atoms with Gasteiger partial charge in [-0.3, -0.25) is 0 Å². The Kier molecular flexibility index (Phi) is 9.65. The SMILES string of the molecule is CCCCCCCC1CCCC2C1CCC1C3CCC(C#N)(CCCCCC)CC3CCC21. The Balaban J connectivity index is 1.32. The molecule has 4 saturated carbocycles. The van der Waals surface area contributed by atoms with Gasteiger partial charge in [-0.2, -0.15) is 5.26 Å². The van der Waals surface area contributed by atoms with Crippen molar-refractivity contribution in [3.05, 3.63) is 0 Å². The van der Waals surface area contributed by atoms with E-state index in [4.69, 9.17) is 0 Å². The zero-order valence-corrected chi connectivity index (χ0v) is 22.3. The normalized spacial score (nSPS) is 40.3. The lowest BCUT2D eigenvalue weighted by Gasteiger charge is -2.57. The zero-order valence-electron chi connectivity index (χ0n) is 22.3. The van der Waals surface area contributed by atoms with E-state index in [0.717, 1.165) is 41.4 Å². The van der Waals surface area contributed by atoms with Crippen molar-refractivity contribution >= 4 is 0 Å². The molecule has 4 rings (SSSR count). The molecule has 0 radical (unpaired) electrons. The maximum Gasteiger partial charge on any atom is 0.0689 e. The van der Waals surface area contributed by atoms with Gasteiger partial charge >= 0.3 is 0 Å². The van der Waals surface area contributed by atoms with E-state index in [1.165, 1.54) is 116 Å². The minimum Gasteiger partial charge on any atom is -0.198 e. The molecule has 8 atom stereocenters. The molecule has 0 amide bonds. The lowest BCUT2D eigenvalue weighted by molar-refractivity contribution is -0.0718. The van der Waals surface area contributed by atoms with Gasteiger partial charge in [0.2, 0.25) is 0 Å². The predicted molar refractivity (Wildman–Crippen MR) is 141 cm³/mol. The third-order valence-electron chi connectivity index (χ3n) is 11.3. The third-order valence-corrected chi connectivity index (χ3v) is 11.3. The summed E-state index contributed by atoms with van der Waals surface area (Å²) in [5, 5.41) is 10.2. The van der Waals surface area contributed by atoms with Gasteiger partial charge in [0, 0.05) is 0 Å². The fraction of sp³-hybridized carbons (Fsp3) is 0.969. The first-order chi connectivity index (χ1) is 16.2. The number of nitrogens with zero attached hydrogens (tertiary/aromatic N) is 1. The topological polar surface area (TPSA) is 23.8 Å². The van der Waals surface area contributed by atoms with Crippen LogP contribution in [0.1, 0.15) is 149 Å². The fourth-order valence-corrected chi connectivity index (χ4v) is 9.61. The summed E-state index contributed by atoms with van der Waals surface area (Å²) in [5.41, 5.74) is 0.0344. The zero-order chi connectivity index (χ0) is 23.1. The van der Waals surface area contributed by atoms with Gasteiger partial charge in [-0.15, -0.1) is 0 Å². The molecule has 33 heavy (non-hydrogen) atoms. The molecule has 0 aromatic rings. The van der Waals surface area contributed by atoms with Crippen LogP contribution in [-0.2, 0) is 0 Å². The first-order valence-corrected chi connectivity index (χ1v) is 15.6. The quantitative estimate of drug-likeness (QED) is 0.285. The molecule has 0 N–H and O–H groups in total. The van der Waals surface area contributed by atoms with Crippen LogP contribution in [-0.4, -0.2) is 0 Å². The molecule has 0 aliphatic heterocycles. The van der Waals surface area contributed by atoms with Gasteiger partial charge in [0.05, 0.1) is 11.5 Å². The average Bonchev–Trinajstić information content (AvgIpc) is 2.86. The van der Waals surface area contributed by atoms with E-state index in [1.54, 1.807) is 19.3 Å². The Hall–Kier alpha value is -0.510. The van der Waals surface area contributed by atoms with Crippen LogP contribution in [0.5, 0.6) is 0 Å². The summed E-state index contributed by atoms with van der Waals surface area (Å²) in [6, 6.07) is 2.88. The van der Waals surface area contributed by atoms with Gasteiger partial charge in [-0.1, -0.05) is 90.9 Å². The molecule has 0 saturated heterocycles. The van der Waals surface area contributed by atoms with Crippen molar-refractivity contribution in [3.8, 4) is 6.07 Å². The molecule has 4 aliphatic rings. The molecule has 1 heteroatoms. The molecule has 0 aromatic heterocycles. The Morgan fingerprint density at radius 1 is 0.667 bits per heavy atom. The molecule has 8 unspecified atom stereocenters. The molecule has 0 bridgehead atoms. The summed E-state index contributed by atoms with van der Waals surface area (Å²) in [4.78, 5) is 0. The fourth-order valence-electron chi connectivity index (χ4n) is 9.61. The molecule has 0 heterocycles. The van der Waals surface area contributed by atoms with Crippen LogP contribution in [0.25, 0.3) is 0 Å². The van der Waals surface area contributed by atoms with E-state index in [0.29, 0.717) is 0 Å². The second kappa shape index (κ2) is 12.5. The van der Waals surface area contributed by atoms with Crippen molar-refractivity contribution in [2.24, 2.45) is 46.8 Å². The second-order valence-corrected chi connectivity index (χ2v) is 13.1. The van der Waals surface area contributed by atoms with Crippen molar-refractivity contribution in [1.82, 2.24) is 0 Å². The second-order valence-electron chi connectivity index (χ2n) is 13.1. The smallest absolute Gasteiger partial charge is 0.0689 e. The maximum absolute atomic E-state index is 10.2. The average molecular weight is 454 g/mol. The highest BCUT2D eigenvalue weighted by atomic mass is 14.6. The van der Waals surface area contributed by atoms with Crippen molar-refractivity contribution in [2.75, 3.05) is 0 Å². The Labute approximate surface area is 206 Å². The molecule has 1 nitrogen and oxygen atoms in total. The summed E-state index contributed by atoms with van der Waals surface area (Å²) in [5.74, 6) is 7.11. The van der Waals surface area contributed by atoms with E-state index in [1.807, 2.05) is 0 Å². The van der Waals surface area contributed by atoms with Gasteiger partial charge in [-0.25, -0.2) is 0 Å². The van der Waals surface area contributed by atoms with Gasteiger partial charge in [0.15, 0.2) is 0 Å². The van der Waals surface area contributed by atoms with Crippen LogP contribution in [0.3, 0.4) is 0 Å². The van der Waals surface area contributed by atoms with Crippen molar-refractivity contribution in [3.63, 3.8) is 0 Å². The highest BCUT2D eigenvalue weighted by molar-refractivity contribution is 5.07. The van der Waals surface area contributed by atoms with Crippen molar-refractivity contribution in [2.45, 2.75) is 149 Å². The largest absolute Gasteiger partial charge is 0.198 e. The molecule has 4 aliphatic carbocycles. The summed E-state index contributed by atoms with van der Waals surface area (Å²) in [6.07, 6.45) is 29.8. The van der Waals surface area contributed by atoms with Gasteiger partial charge in [0.25, 0.3) is 0 Å². The minimum atomic E-state index is 0.0344. The molecule has 188 valence electrons. The van der Waals surface area contributed by atoms with E-state index in [-0.39, 0.29) is 5.41 Å². The predicted octanol–water partition coefficient (Wildman–Crippen LogP) is 10.1. The standard InChI is InChI=1S/C32H55N/c1-3-5-7-9-10-13-25-14-12-15-29-27(25)18-19-30-28-20-22-32(24-33,21-11-8-6-4-2)23-26(28)16-17-31(29)30/h25-31H,3-23H2,1-2H3. The molecule has 0 aromatic carbocycles. The van der Waals surface area contributed by atoms with E-state index < -0.39 is 0 Å². The number of rotatable bonds is 11. The highest BCUT2D eigenvalue weighted by Crippen LogP contribution is 2.60. The number of hydrogen-bond donors (Lipinski definition) is 0. The number of fused-ring (bicyclic) bond motifs is 5. The monoisotopic (exact) mass is 453 g/mol. The van der Waals surface area contributed by atoms with Gasteiger partial charge in [-0.05, 0) is 99.2 Å². The van der Waals surface area contributed by atoms with Crippen molar-refractivity contribution in [1.29, 1.82) is 5.26 Å². The Morgan fingerprint density at radius 2 is 1.33 bits per heavy atom. The molecular formula is C32H55N. The summed E-state index contributed by atoms with van der Waals surface area (Å²) >= 11 is 0. The Morgan fingerprint density at radius 3 is 2.12 bits per heavy atom. The number of unbranched alkanes of at least 4 members (excludes halogenated alkanes) is 7. The lowest BCUT2D eigenvalue weighted by atomic mass is 9.48. The van der Waals surface area contributed by atoms with Crippen LogP contribution in [0, 0.1) is 58.2 Å². The van der Waals surface area contributed by atoms with Crippen LogP contribution in [0.15, 0.2) is 0 Å². The van der Waals surface area contributed by atoms with Crippen molar-refractivity contribution < 1.29 is 0 Å². The highest BCUT2D eigenvalue weighted by Gasteiger charge is 2.52. The molecular weight excluding hydrogens is 398 g/mol. The summed E-state index contributed by atoms with van der Waals surface area (Å²) in [6.45, 7) is 4.62. The molecule has 0 spiro atoms. The third kappa shape index (κ3) is 6.01. The van der Waals surface area contributed by atoms with Crippen LogP contribution >= 0.6 is 0 Å². The number of nitriles is 1. The van der Waals surface area contributed by atoms with Gasteiger partial charge < -0.3 is 0 Å². The van der Waals surface area contributed by atoms with Crippen LogP contribution in [0.2, 0.25) is 0 Å². The van der Waals surface area contributed by atoms with Crippen LogP contribution < -0.4 is 0 Å². The Bertz CT molecular complexity index is 618. The lowest BCUT2D eigenvalue weighted by Crippen LogP contribution is -2.49. The summed E-state index contributed by atoms with van der Waals surface area (Å²) in [7, 11) is 0. The van der Waals surface area contributed by atoms with E-state index >= 15 is 0 Å². The molecule has 4 fully saturated rings. The first-order valence-electron chi connectivity index (χ1n) is 15.6. The first kappa shape index (κ1) is 25.6. The van der Waals surface area contributed by atoms with Gasteiger partial charge in [0.1, 0.15) is 0 Å². The summed E-state index contributed by atoms with van der Waals surface area (Å²) < 4.78 is 0. The van der Waals surface area contributed by atoms with E-state index in [9.17, 15) is 5.26 Å². The van der Waals surface area contributed by atoms with Crippen LogP contribution in [0.4, 0.5) is 0 Å². The van der Waals surface area contributed by atoms with E-state index in [2.05, 4.69) is 19.9 Å². The minimum absolute atomic E-state index is 0.0344.